The van der Waals surface area contributed by atoms with Crippen LogP contribution < -0.4 is 14.8 Å². The molecule has 0 saturated carbocycles. The lowest BCUT2D eigenvalue weighted by atomic mass is 9.86. The first kappa shape index (κ1) is 20.7. The second kappa shape index (κ2) is 8.99. The molecule has 3 rings (SSSR count). The van der Waals surface area contributed by atoms with Crippen LogP contribution in [0.1, 0.15) is 43.9 Å². The van der Waals surface area contributed by atoms with Gasteiger partial charge in [-0.05, 0) is 40.7 Å². The fourth-order valence-corrected chi connectivity index (χ4v) is 2.94. The minimum absolute atomic E-state index is 0.103. The van der Waals surface area contributed by atoms with E-state index in [0.29, 0.717) is 24.5 Å². The van der Waals surface area contributed by atoms with E-state index < -0.39 is 0 Å². The maximum atomic E-state index is 11.9. The van der Waals surface area contributed by atoms with E-state index in [0.717, 1.165) is 11.1 Å². The van der Waals surface area contributed by atoms with Crippen LogP contribution in [0.15, 0.2) is 42.5 Å². The Morgan fingerprint density at radius 3 is 2.41 bits per heavy atom. The zero-order valence-electron chi connectivity index (χ0n) is 17.1. The van der Waals surface area contributed by atoms with E-state index in [1.54, 1.807) is 6.07 Å². The Bertz CT molecular complexity index is 868. The number of fused-ring (bicyclic) bond motifs is 1. The molecule has 1 amide bonds. The molecule has 6 nitrogen and oxygen atoms in total. The molecule has 0 saturated heterocycles. The van der Waals surface area contributed by atoms with Gasteiger partial charge in [0.05, 0.1) is 0 Å². The van der Waals surface area contributed by atoms with Gasteiger partial charge >= 0.3 is 5.97 Å². The molecule has 0 spiro atoms. The average Bonchev–Trinajstić information content (AvgIpc) is 3.16. The SMILES string of the molecule is CC(C)(C)c1ccc(CCC(=O)OCC(=O)NCc2ccc3c(c2)OCO3)cc1. The molecule has 2 aromatic rings. The Hall–Kier alpha value is -3.02. The molecule has 6 heteroatoms. The molecule has 1 heterocycles. The van der Waals surface area contributed by atoms with Crippen LogP contribution in [0.3, 0.4) is 0 Å². The zero-order chi connectivity index (χ0) is 20.9. The Balaban J connectivity index is 1.36. The van der Waals surface area contributed by atoms with Crippen LogP contribution >= 0.6 is 0 Å². The Kier molecular flexibility index (Phi) is 6.42. The van der Waals surface area contributed by atoms with Crippen molar-refractivity contribution < 1.29 is 23.8 Å². The standard InChI is InChI=1S/C23H27NO5/c1-23(2,3)18-8-4-16(5-9-18)7-11-22(26)27-14-21(25)24-13-17-6-10-19-20(12-17)29-15-28-19/h4-6,8-10,12H,7,11,13-15H2,1-3H3,(H,24,25). The summed E-state index contributed by atoms with van der Waals surface area (Å²) in [5, 5.41) is 2.73. The number of esters is 1. The normalized spacial score (nSPS) is 12.5. The van der Waals surface area contributed by atoms with Gasteiger partial charge in [-0.2, -0.15) is 0 Å². The summed E-state index contributed by atoms with van der Waals surface area (Å²) in [6.07, 6.45) is 0.826. The molecule has 0 bridgehead atoms. The minimum Gasteiger partial charge on any atom is -0.456 e. The van der Waals surface area contributed by atoms with E-state index in [2.05, 4.69) is 38.2 Å². The third-order valence-corrected chi connectivity index (χ3v) is 4.73. The quantitative estimate of drug-likeness (QED) is 0.724. The molecule has 29 heavy (non-hydrogen) atoms. The van der Waals surface area contributed by atoms with Crippen LogP contribution in [-0.2, 0) is 32.7 Å². The van der Waals surface area contributed by atoms with Gasteiger partial charge in [0.25, 0.3) is 5.91 Å². The zero-order valence-corrected chi connectivity index (χ0v) is 17.1. The highest BCUT2D eigenvalue weighted by atomic mass is 16.7. The third kappa shape index (κ3) is 5.98. The molecule has 154 valence electrons. The van der Waals surface area contributed by atoms with Crippen molar-refractivity contribution in [2.45, 2.75) is 45.6 Å². The van der Waals surface area contributed by atoms with Crippen molar-refractivity contribution in [2.75, 3.05) is 13.4 Å². The predicted octanol–water partition coefficient (Wildman–Crippen LogP) is 3.51. The van der Waals surface area contributed by atoms with E-state index in [9.17, 15) is 9.59 Å². The summed E-state index contributed by atoms with van der Waals surface area (Å²) in [5.41, 5.74) is 3.31. The van der Waals surface area contributed by atoms with Crippen molar-refractivity contribution in [3.05, 3.63) is 59.2 Å². The van der Waals surface area contributed by atoms with Gasteiger partial charge in [-0.25, -0.2) is 0 Å². The van der Waals surface area contributed by atoms with Gasteiger partial charge in [0.15, 0.2) is 18.1 Å². The average molecular weight is 397 g/mol. The fraction of sp³-hybridized carbons (Fsp3) is 0.391. The summed E-state index contributed by atoms with van der Waals surface area (Å²) in [6.45, 7) is 6.74. The lowest BCUT2D eigenvalue weighted by Crippen LogP contribution is -2.28. The van der Waals surface area contributed by atoms with Crippen molar-refractivity contribution in [1.82, 2.24) is 5.32 Å². The molecule has 0 atom stereocenters. The van der Waals surface area contributed by atoms with Gasteiger partial charge in [-0.1, -0.05) is 51.1 Å². The molecule has 0 fully saturated rings. The van der Waals surface area contributed by atoms with Gasteiger partial charge in [0.1, 0.15) is 0 Å². The number of carbonyl (C=O) groups is 2. The van der Waals surface area contributed by atoms with Crippen molar-refractivity contribution in [2.24, 2.45) is 0 Å². The Morgan fingerprint density at radius 1 is 1.00 bits per heavy atom. The second-order valence-corrected chi connectivity index (χ2v) is 8.07. The molecule has 1 aliphatic heterocycles. The number of ether oxygens (including phenoxy) is 3. The number of carbonyl (C=O) groups excluding carboxylic acids is 2. The van der Waals surface area contributed by atoms with E-state index in [1.165, 1.54) is 5.56 Å². The molecular formula is C23H27NO5. The summed E-state index contributed by atoms with van der Waals surface area (Å²) >= 11 is 0. The van der Waals surface area contributed by atoms with E-state index in [-0.39, 0.29) is 37.1 Å². The Labute approximate surface area is 171 Å². The molecule has 1 N–H and O–H groups in total. The van der Waals surface area contributed by atoms with Crippen LogP contribution in [0, 0.1) is 0 Å². The maximum Gasteiger partial charge on any atom is 0.306 e. The predicted molar refractivity (Wildman–Crippen MR) is 109 cm³/mol. The number of hydrogen-bond acceptors (Lipinski definition) is 5. The smallest absolute Gasteiger partial charge is 0.306 e. The van der Waals surface area contributed by atoms with E-state index in [4.69, 9.17) is 14.2 Å². The van der Waals surface area contributed by atoms with E-state index in [1.807, 2.05) is 24.3 Å². The topological polar surface area (TPSA) is 73.9 Å². The van der Waals surface area contributed by atoms with Gasteiger partial charge in [-0.15, -0.1) is 0 Å². The first-order chi connectivity index (χ1) is 13.8. The highest BCUT2D eigenvalue weighted by Crippen LogP contribution is 2.32. The van der Waals surface area contributed by atoms with Crippen molar-refractivity contribution in [1.29, 1.82) is 0 Å². The van der Waals surface area contributed by atoms with Gasteiger partial charge in [0.2, 0.25) is 6.79 Å². The fourth-order valence-electron chi connectivity index (χ4n) is 2.94. The number of aryl methyl sites for hydroxylation is 1. The summed E-state index contributed by atoms with van der Waals surface area (Å²) in [7, 11) is 0. The summed E-state index contributed by atoms with van der Waals surface area (Å²) < 4.78 is 15.6. The molecule has 1 aliphatic rings. The van der Waals surface area contributed by atoms with Gasteiger partial charge in [-0.3, -0.25) is 9.59 Å². The highest BCUT2D eigenvalue weighted by molar-refractivity contribution is 5.80. The third-order valence-electron chi connectivity index (χ3n) is 4.73. The van der Waals surface area contributed by atoms with Crippen LogP contribution in [0.4, 0.5) is 0 Å². The lowest BCUT2D eigenvalue weighted by Gasteiger charge is -2.19. The summed E-state index contributed by atoms with van der Waals surface area (Å²) in [4.78, 5) is 23.8. The molecule has 0 aromatic heterocycles. The monoisotopic (exact) mass is 397 g/mol. The molecular weight excluding hydrogens is 370 g/mol. The number of benzene rings is 2. The first-order valence-electron chi connectivity index (χ1n) is 9.71. The molecule has 2 aromatic carbocycles. The van der Waals surface area contributed by atoms with Crippen molar-refractivity contribution in [3.63, 3.8) is 0 Å². The van der Waals surface area contributed by atoms with Crippen LogP contribution in [0.25, 0.3) is 0 Å². The Morgan fingerprint density at radius 2 is 1.69 bits per heavy atom. The lowest BCUT2D eigenvalue weighted by molar-refractivity contribution is -0.148. The van der Waals surface area contributed by atoms with Crippen LogP contribution in [-0.4, -0.2) is 25.3 Å². The van der Waals surface area contributed by atoms with Crippen molar-refractivity contribution >= 4 is 11.9 Å². The highest BCUT2D eigenvalue weighted by Gasteiger charge is 2.15. The molecule has 0 unspecified atom stereocenters. The largest absolute Gasteiger partial charge is 0.456 e. The molecule has 0 aliphatic carbocycles. The minimum atomic E-state index is -0.386. The second-order valence-electron chi connectivity index (χ2n) is 8.07. The molecule has 0 radical (unpaired) electrons. The van der Waals surface area contributed by atoms with Gasteiger partial charge < -0.3 is 19.5 Å². The maximum absolute atomic E-state index is 11.9. The summed E-state index contributed by atoms with van der Waals surface area (Å²) in [5.74, 6) is 0.634. The first-order valence-corrected chi connectivity index (χ1v) is 9.71. The number of rotatable bonds is 7. The van der Waals surface area contributed by atoms with Crippen LogP contribution in [0.2, 0.25) is 0 Å². The van der Waals surface area contributed by atoms with E-state index >= 15 is 0 Å². The number of hydrogen-bond donors (Lipinski definition) is 1. The van der Waals surface area contributed by atoms with Crippen molar-refractivity contribution in [3.8, 4) is 11.5 Å². The van der Waals surface area contributed by atoms with Crippen LogP contribution in [0.5, 0.6) is 11.5 Å². The number of nitrogens with one attached hydrogen (secondary N) is 1. The number of amides is 1. The summed E-state index contributed by atoms with van der Waals surface area (Å²) in [6, 6.07) is 13.7. The van der Waals surface area contributed by atoms with Gasteiger partial charge in [0, 0.05) is 13.0 Å².